The Bertz CT molecular complexity index is 976. The number of rotatable bonds is 7. The van der Waals surface area contributed by atoms with Crippen LogP contribution in [0, 0.1) is 10.1 Å². The van der Waals surface area contributed by atoms with Crippen LogP contribution in [0.3, 0.4) is 0 Å². The summed E-state index contributed by atoms with van der Waals surface area (Å²) in [5, 5.41) is 12.5. The Balaban J connectivity index is 2.04. The van der Waals surface area contributed by atoms with Crippen LogP contribution in [0.15, 0.2) is 53.4 Å². The number of nitrogens with zero attached hydrogens (tertiary/aromatic N) is 1. The maximum Gasteiger partial charge on any atom is 0.405 e. The van der Waals surface area contributed by atoms with Gasteiger partial charge in [0.1, 0.15) is 6.54 Å². The average Bonchev–Trinajstić information content (AvgIpc) is 2.61. The van der Waals surface area contributed by atoms with Gasteiger partial charge in [0.05, 0.1) is 16.2 Å². The molecule has 0 aromatic heterocycles. The lowest BCUT2D eigenvalue weighted by atomic mass is 10.1. The topological polar surface area (TPSA) is 118 Å². The summed E-state index contributed by atoms with van der Waals surface area (Å²) >= 11 is 0. The van der Waals surface area contributed by atoms with Crippen molar-refractivity contribution < 1.29 is 31.3 Å². The number of hydrogen-bond acceptors (Lipinski definition) is 5. The zero-order chi connectivity index (χ0) is 20.9. The minimum absolute atomic E-state index is 0.117. The minimum atomic E-state index is -4.51. The molecule has 12 heteroatoms. The van der Waals surface area contributed by atoms with Gasteiger partial charge in [-0.15, -0.1) is 0 Å². The Morgan fingerprint density at radius 2 is 1.75 bits per heavy atom. The normalized spacial score (nSPS) is 11.7. The summed E-state index contributed by atoms with van der Waals surface area (Å²) in [6, 6.07) is 9.86. The van der Waals surface area contributed by atoms with E-state index in [9.17, 15) is 36.5 Å². The van der Waals surface area contributed by atoms with Gasteiger partial charge in [-0.25, -0.2) is 8.42 Å². The third-order valence-electron chi connectivity index (χ3n) is 3.40. The molecule has 8 nitrogen and oxygen atoms in total. The van der Waals surface area contributed by atoms with Crippen LogP contribution >= 0.6 is 0 Å². The molecule has 0 radical (unpaired) electrons. The number of benzene rings is 2. The molecule has 0 aliphatic heterocycles. The monoisotopic (exact) mass is 417 g/mol. The van der Waals surface area contributed by atoms with E-state index in [4.69, 9.17) is 0 Å². The second-order valence-electron chi connectivity index (χ2n) is 5.63. The first-order chi connectivity index (χ1) is 13.0. The van der Waals surface area contributed by atoms with E-state index in [1.165, 1.54) is 36.4 Å². The van der Waals surface area contributed by atoms with E-state index in [1.54, 1.807) is 5.32 Å². The summed E-state index contributed by atoms with van der Waals surface area (Å²) < 4.78 is 63.0. The number of nitrogens with one attached hydrogen (secondary N) is 2. The number of halogens is 3. The van der Waals surface area contributed by atoms with Crippen molar-refractivity contribution in [1.29, 1.82) is 0 Å². The molecular weight excluding hydrogens is 403 g/mol. The number of non-ortho nitro benzene ring substituents is 1. The van der Waals surface area contributed by atoms with E-state index in [0.717, 1.165) is 12.1 Å². The molecule has 2 aromatic rings. The minimum Gasteiger partial charge on any atom is -0.347 e. The Kier molecular flexibility index (Phi) is 6.23. The highest BCUT2D eigenvalue weighted by Gasteiger charge is 2.27. The van der Waals surface area contributed by atoms with Crippen LogP contribution in [0.25, 0.3) is 0 Å². The van der Waals surface area contributed by atoms with Crippen molar-refractivity contribution in [1.82, 2.24) is 5.32 Å². The lowest BCUT2D eigenvalue weighted by Crippen LogP contribution is -2.34. The zero-order valence-electron chi connectivity index (χ0n) is 14.1. The number of sulfonamides is 1. The Labute approximate surface area is 157 Å². The fourth-order valence-electron chi connectivity index (χ4n) is 2.12. The summed E-state index contributed by atoms with van der Waals surface area (Å²) in [4.78, 5) is 21.2. The van der Waals surface area contributed by atoms with Gasteiger partial charge >= 0.3 is 6.18 Å². The quantitative estimate of drug-likeness (QED) is 0.530. The van der Waals surface area contributed by atoms with Crippen molar-refractivity contribution in [3.8, 4) is 0 Å². The maximum atomic E-state index is 12.3. The summed E-state index contributed by atoms with van der Waals surface area (Å²) in [6.07, 6.45) is -4.82. The fourth-order valence-corrected chi connectivity index (χ4v) is 3.21. The van der Waals surface area contributed by atoms with E-state index in [-0.39, 0.29) is 22.7 Å². The summed E-state index contributed by atoms with van der Waals surface area (Å²) in [6.45, 7) is -1.44. The van der Waals surface area contributed by atoms with Crippen molar-refractivity contribution in [2.75, 3.05) is 11.3 Å². The smallest absolute Gasteiger partial charge is 0.347 e. The Hall–Kier alpha value is -3.15. The Morgan fingerprint density at radius 3 is 2.32 bits per heavy atom. The number of amides is 1. The SMILES string of the molecule is O=C(Cc1ccc(NS(=O)(=O)c2cccc([N+](=O)[O-])c2)cc1)NCC(F)(F)F. The fraction of sp³-hybridized carbons (Fsp3) is 0.188. The van der Waals surface area contributed by atoms with Gasteiger partial charge in [-0.2, -0.15) is 13.2 Å². The van der Waals surface area contributed by atoms with Crippen molar-refractivity contribution in [3.05, 3.63) is 64.2 Å². The van der Waals surface area contributed by atoms with Crippen molar-refractivity contribution in [3.63, 3.8) is 0 Å². The lowest BCUT2D eigenvalue weighted by Gasteiger charge is -2.10. The van der Waals surface area contributed by atoms with Crippen LogP contribution in [0.1, 0.15) is 5.56 Å². The van der Waals surface area contributed by atoms with Gasteiger partial charge in [-0.1, -0.05) is 18.2 Å². The molecule has 0 aliphatic rings. The van der Waals surface area contributed by atoms with E-state index >= 15 is 0 Å². The second-order valence-corrected chi connectivity index (χ2v) is 7.31. The molecule has 0 saturated carbocycles. The molecule has 2 N–H and O–H groups in total. The third kappa shape index (κ3) is 6.23. The van der Waals surface area contributed by atoms with Gasteiger partial charge in [0.15, 0.2) is 0 Å². The molecular formula is C16H14F3N3O5S. The lowest BCUT2D eigenvalue weighted by molar-refractivity contribution is -0.385. The average molecular weight is 417 g/mol. The number of nitro groups is 1. The molecule has 0 bridgehead atoms. The van der Waals surface area contributed by atoms with Gasteiger partial charge in [0.25, 0.3) is 15.7 Å². The predicted octanol–water partition coefficient (Wildman–Crippen LogP) is 2.62. The zero-order valence-corrected chi connectivity index (χ0v) is 14.9. The van der Waals surface area contributed by atoms with Crippen LogP contribution in [-0.2, 0) is 21.2 Å². The van der Waals surface area contributed by atoms with Crippen molar-refractivity contribution >= 4 is 27.3 Å². The number of alkyl halides is 3. The Morgan fingerprint density at radius 1 is 1.11 bits per heavy atom. The van der Waals surface area contributed by atoms with Crippen LogP contribution < -0.4 is 10.0 Å². The number of anilines is 1. The highest BCUT2D eigenvalue weighted by Crippen LogP contribution is 2.21. The van der Waals surface area contributed by atoms with Gasteiger partial charge in [0.2, 0.25) is 5.91 Å². The molecule has 0 atom stereocenters. The molecule has 0 aliphatic carbocycles. The molecule has 1 amide bonds. The molecule has 2 aromatic carbocycles. The molecule has 0 heterocycles. The number of carbonyl (C=O) groups excluding carboxylic acids is 1. The van der Waals surface area contributed by atoms with Crippen LogP contribution in [0.5, 0.6) is 0 Å². The van der Waals surface area contributed by atoms with E-state index in [0.29, 0.717) is 5.56 Å². The molecule has 0 spiro atoms. The largest absolute Gasteiger partial charge is 0.405 e. The van der Waals surface area contributed by atoms with Crippen molar-refractivity contribution in [2.45, 2.75) is 17.5 Å². The van der Waals surface area contributed by atoms with Gasteiger partial charge in [0, 0.05) is 17.8 Å². The molecule has 0 unspecified atom stereocenters. The molecule has 28 heavy (non-hydrogen) atoms. The van der Waals surface area contributed by atoms with Crippen LogP contribution in [0.2, 0.25) is 0 Å². The summed E-state index contributed by atoms with van der Waals surface area (Å²) in [7, 11) is -4.09. The second kappa shape index (κ2) is 8.25. The number of nitro benzene ring substituents is 1. The highest BCUT2D eigenvalue weighted by molar-refractivity contribution is 7.92. The van der Waals surface area contributed by atoms with E-state index < -0.39 is 33.6 Å². The number of carbonyl (C=O) groups is 1. The van der Waals surface area contributed by atoms with Gasteiger partial charge < -0.3 is 5.32 Å². The van der Waals surface area contributed by atoms with Crippen LogP contribution in [-0.4, -0.2) is 32.0 Å². The number of hydrogen-bond donors (Lipinski definition) is 2. The molecule has 150 valence electrons. The predicted molar refractivity (Wildman–Crippen MR) is 93.1 cm³/mol. The first-order valence-electron chi connectivity index (χ1n) is 7.66. The molecule has 0 fully saturated rings. The highest BCUT2D eigenvalue weighted by atomic mass is 32.2. The molecule has 2 rings (SSSR count). The maximum absolute atomic E-state index is 12.3. The van der Waals surface area contributed by atoms with Crippen molar-refractivity contribution in [2.24, 2.45) is 0 Å². The van der Waals surface area contributed by atoms with E-state index in [2.05, 4.69) is 4.72 Å². The van der Waals surface area contributed by atoms with Crippen LogP contribution in [0.4, 0.5) is 24.5 Å². The summed E-state index contributed by atoms with van der Waals surface area (Å²) in [5.41, 5.74) is 0.104. The first kappa shape index (κ1) is 21.2. The first-order valence-corrected chi connectivity index (χ1v) is 9.14. The van der Waals surface area contributed by atoms with E-state index in [1.807, 2.05) is 0 Å². The molecule has 0 saturated heterocycles. The van der Waals surface area contributed by atoms with Gasteiger partial charge in [-0.3, -0.25) is 19.6 Å². The standard InChI is InChI=1S/C16H14F3N3O5S/c17-16(18,19)10-20-15(23)8-11-4-6-12(7-5-11)21-28(26,27)14-3-1-2-13(9-14)22(24)25/h1-7,9,21H,8,10H2,(H,20,23). The summed E-state index contributed by atoms with van der Waals surface area (Å²) in [5.74, 6) is -0.831. The van der Waals surface area contributed by atoms with Gasteiger partial charge in [-0.05, 0) is 23.8 Å². The third-order valence-corrected chi connectivity index (χ3v) is 4.77.